The minimum atomic E-state index is -1.52. The zero-order valence-corrected chi connectivity index (χ0v) is 10.0. The summed E-state index contributed by atoms with van der Waals surface area (Å²) in [4.78, 5) is 15.7. The van der Waals surface area contributed by atoms with Gasteiger partial charge in [-0.15, -0.1) is 0 Å². The number of oxime groups is 1. The van der Waals surface area contributed by atoms with Crippen LogP contribution in [0.2, 0.25) is 0 Å². The molecule has 1 amide bonds. The minimum absolute atomic E-state index is 0.127. The van der Waals surface area contributed by atoms with Crippen LogP contribution in [-0.4, -0.2) is 24.3 Å². The molecule has 1 N–H and O–H groups in total. The summed E-state index contributed by atoms with van der Waals surface area (Å²) in [5.41, 5.74) is 0.440. The van der Waals surface area contributed by atoms with Crippen LogP contribution in [0.1, 0.15) is 18.9 Å². The van der Waals surface area contributed by atoms with Gasteiger partial charge in [-0.25, -0.2) is 13.2 Å². The first-order valence-electron chi connectivity index (χ1n) is 5.59. The summed E-state index contributed by atoms with van der Waals surface area (Å²) in [6, 6.07) is 1.72. The SMILES string of the molecule is CC(=O)NCC1CC(c2cc(F)c(F)c(F)c2)=NO1. The van der Waals surface area contributed by atoms with Crippen LogP contribution in [0.5, 0.6) is 0 Å². The largest absolute Gasteiger partial charge is 0.390 e. The second kappa shape index (κ2) is 5.29. The maximum absolute atomic E-state index is 13.1. The van der Waals surface area contributed by atoms with Crippen LogP contribution in [0, 0.1) is 17.5 Å². The number of hydrogen-bond acceptors (Lipinski definition) is 3. The van der Waals surface area contributed by atoms with E-state index in [1.165, 1.54) is 6.92 Å². The smallest absolute Gasteiger partial charge is 0.217 e. The average molecular weight is 272 g/mol. The van der Waals surface area contributed by atoms with Crippen LogP contribution in [0.25, 0.3) is 0 Å². The van der Waals surface area contributed by atoms with Gasteiger partial charge in [-0.1, -0.05) is 5.16 Å². The number of nitrogens with one attached hydrogen (secondary N) is 1. The Bertz CT molecular complexity index is 523. The standard InChI is InChI=1S/C12H11F3N2O2/c1-6(18)16-5-8-4-11(17-19-8)7-2-9(13)12(15)10(14)3-7/h2-3,8H,4-5H2,1H3,(H,16,18). The van der Waals surface area contributed by atoms with Crippen LogP contribution < -0.4 is 5.32 Å². The number of rotatable bonds is 3. The van der Waals surface area contributed by atoms with Gasteiger partial charge in [-0.2, -0.15) is 0 Å². The summed E-state index contributed by atoms with van der Waals surface area (Å²) < 4.78 is 39.0. The van der Waals surface area contributed by atoms with Crippen molar-refractivity contribution < 1.29 is 22.8 Å². The normalized spacial score (nSPS) is 17.9. The highest BCUT2D eigenvalue weighted by molar-refractivity contribution is 6.01. The first-order valence-corrected chi connectivity index (χ1v) is 5.59. The summed E-state index contributed by atoms with van der Waals surface area (Å²) >= 11 is 0. The third kappa shape index (κ3) is 3.04. The highest BCUT2D eigenvalue weighted by atomic mass is 19.2. The zero-order valence-electron chi connectivity index (χ0n) is 10.0. The van der Waals surface area contributed by atoms with Gasteiger partial charge in [0.1, 0.15) is 6.10 Å². The minimum Gasteiger partial charge on any atom is -0.390 e. The van der Waals surface area contributed by atoms with Crippen LogP contribution in [0.15, 0.2) is 17.3 Å². The van der Waals surface area contributed by atoms with E-state index < -0.39 is 23.6 Å². The van der Waals surface area contributed by atoms with Crippen molar-refractivity contribution in [2.24, 2.45) is 5.16 Å². The molecule has 1 unspecified atom stereocenters. The predicted octanol–water partition coefficient (Wildman–Crippen LogP) is 1.73. The molecule has 0 bridgehead atoms. The molecular weight excluding hydrogens is 261 g/mol. The van der Waals surface area contributed by atoms with E-state index in [9.17, 15) is 18.0 Å². The fraction of sp³-hybridized carbons (Fsp3) is 0.333. The van der Waals surface area contributed by atoms with E-state index in [0.29, 0.717) is 5.71 Å². The number of halogens is 3. The molecule has 1 aromatic rings. The number of benzene rings is 1. The second-order valence-corrected chi connectivity index (χ2v) is 4.16. The summed E-state index contributed by atoms with van der Waals surface area (Å²) in [6.45, 7) is 1.61. The number of hydrogen-bond donors (Lipinski definition) is 1. The van der Waals surface area contributed by atoms with E-state index in [1.807, 2.05) is 0 Å². The van der Waals surface area contributed by atoms with Crippen LogP contribution in [-0.2, 0) is 9.63 Å². The molecule has 1 heterocycles. The van der Waals surface area contributed by atoms with Gasteiger partial charge in [0.15, 0.2) is 17.5 Å². The van der Waals surface area contributed by atoms with Crippen molar-refractivity contribution in [1.82, 2.24) is 5.32 Å². The van der Waals surface area contributed by atoms with Gasteiger partial charge in [0.25, 0.3) is 0 Å². The Morgan fingerprint density at radius 3 is 2.63 bits per heavy atom. The Balaban J connectivity index is 2.06. The van der Waals surface area contributed by atoms with Crippen molar-refractivity contribution in [3.05, 3.63) is 35.1 Å². The van der Waals surface area contributed by atoms with Gasteiger partial charge in [0.2, 0.25) is 5.91 Å². The van der Waals surface area contributed by atoms with Crippen LogP contribution in [0.3, 0.4) is 0 Å². The first kappa shape index (κ1) is 13.4. The molecule has 1 aliphatic rings. The fourth-order valence-corrected chi connectivity index (χ4v) is 1.69. The van der Waals surface area contributed by atoms with Crippen molar-refractivity contribution in [2.45, 2.75) is 19.4 Å². The molecule has 1 atom stereocenters. The van der Waals surface area contributed by atoms with Crippen LogP contribution in [0.4, 0.5) is 13.2 Å². The Labute approximate surface area is 107 Å². The highest BCUT2D eigenvalue weighted by Gasteiger charge is 2.24. The lowest BCUT2D eigenvalue weighted by Gasteiger charge is -2.07. The zero-order chi connectivity index (χ0) is 14.0. The lowest BCUT2D eigenvalue weighted by molar-refractivity contribution is -0.119. The molecule has 0 saturated carbocycles. The number of amides is 1. The molecule has 0 fully saturated rings. The third-order valence-electron chi connectivity index (χ3n) is 2.63. The predicted molar refractivity (Wildman–Crippen MR) is 61.0 cm³/mol. The molecule has 0 radical (unpaired) electrons. The van der Waals surface area contributed by atoms with Crippen molar-refractivity contribution in [2.75, 3.05) is 6.54 Å². The van der Waals surface area contributed by atoms with Crippen molar-refractivity contribution in [1.29, 1.82) is 0 Å². The Kier molecular flexibility index (Phi) is 3.73. The molecule has 102 valence electrons. The summed E-state index contributed by atoms with van der Waals surface area (Å²) in [7, 11) is 0. The lowest BCUT2D eigenvalue weighted by Crippen LogP contribution is -2.30. The van der Waals surface area contributed by atoms with Gasteiger partial charge in [-0.3, -0.25) is 4.79 Å². The Morgan fingerprint density at radius 2 is 2.05 bits per heavy atom. The first-order chi connectivity index (χ1) is 8.97. The number of nitrogens with zero attached hydrogens (tertiary/aromatic N) is 1. The molecule has 1 aliphatic heterocycles. The van der Waals surface area contributed by atoms with Crippen LogP contribution >= 0.6 is 0 Å². The molecular formula is C12H11F3N2O2. The molecule has 0 saturated heterocycles. The third-order valence-corrected chi connectivity index (χ3v) is 2.63. The van der Waals surface area contributed by atoms with Gasteiger partial charge in [-0.05, 0) is 12.1 Å². The summed E-state index contributed by atoms with van der Waals surface area (Å²) in [5, 5.41) is 6.23. The molecule has 4 nitrogen and oxygen atoms in total. The van der Waals surface area contributed by atoms with Gasteiger partial charge in [0.05, 0.1) is 12.3 Å². The van der Waals surface area contributed by atoms with Crippen molar-refractivity contribution in [3.63, 3.8) is 0 Å². The van der Waals surface area contributed by atoms with E-state index >= 15 is 0 Å². The monoisotopic (exact) mass is 272 g/mol. The topological polar surface area (TPSA) is 50.7 Å². The average Bonchev–Trinajstić information content (AvgIpc) is 2.81. The second-order valence-electron chi connectivity index (χ2n) is 4.16. The molecule has 2 rings (SSSR count). The van der Waals surface area contributed by atoms with E-state index in [2.05, 4.69) is 10.5 Å². The van der Waals surface area contributed by atoms with E-state index in [1.54, 1.807) is 0 Å². The highest BCUT2D eigenvalue weighted by Crippen LogP contribution is 2.20. The Morgan fingerprint density at radius 1 is 1.42 bits per heavy atom. The van der Waals surface area contributed by atoms with Gasteiger partial charge < -0.3 is 10.2 Å². The quantitative estimate of drug-likeness (QED) is 0.852. The molecule has 19 heavy (non-hydrogen) atoms. The molecule has 7 heteroatoms. The summed E-state index contributed by atoms with van der Waals surface area (Å²) in [5.74, 6) is -4.28. The molecule has 1 aromatic carbocycles. The van der Waals surface area contributed by atoms with Crippen molar-refractivity contribution >= 4 is 11.6 Å². The maximum Gasteiger partial charge on any atom is 0.217 e. The number of carbonyl (C=O) groups is 1. The molecule has 0 aromatic heterocycles. The number of carbonyl (C=O) groups excluding carboxylic acids is 1. The maximum atomic E-state index is 13.1. The van der Waals surface area contributed by atoms with E-state index in [0.717, 1.165) is 12.1 Å². The van der Waals surface area contributed by atoms with Crippen molar-refractivity contribution in [3.8, 4) is 0 Å². The summed E-state index contributed by atoms with van der Waals surface area (Å²) in [6.07, 6.45) is -0.111. The van der Waals surface area contributed by atoms with Gasteiger partial charge in [0, 0.05) is 18.9 Å². The fourth-order valence-electron chi connectivity index (χ4n) is 1.69. The van der Waals surface area contributed by atoms with Gasteiger partial charge >= 0.3 is 0 Å². The molecule has 0 aliphatic carbocycles. The van der Waals surface area contributed by atoms with E-state index in [4.69, 9.17) is 4.84 Å². The Hall–Kier alpha value is -2.05. The lowest BCUT2D eigenvalue weighted by atomic mass is 10.0. The van der Waals surface area contributed by atoms with E-state index in [-0.39, 0.29) is 24.4 Å². The molecule has 0 spiro atoms.